The first kappa shape index (κ1) is 26.5. The molecule has 172 valence electrons. The summed E-state index contributed by atoms with van der Waals surface area (Å²) in [7, 11) is 0. The van der Waals surface area contributed by atoms with Crippen molar-refractivity contribution in [3.05, 3.63) is 71.8 Å². The zero-order valence-corrected chi connectivity index (χ0v) is 17.9. The van der Waals surface area contributed by atoms with Gasteiger partial charge in [0.1, 0.15) is 11.8 Å². The molecule has 2 aromatic carbocycles. The number of carbonyl (C=O) groups excluding carboxylic acids is 2. The van der Waals surface area contributed by atoms with Gasteiger partial charge in [0.05, 0.1) is 6.42 Å². The second-order valence-electron chi connectivity index (χ2n) is 7.15. The van der Waals surface area contributed by atoms with E-state index in [0.717, 1.165) is 17.5 Å². The number of hydrogen-bond donors (Lipinski definition) is 4. The molecule has 8 heteroatoms. The normalized spacial score (nSPS) is 10.9. The Hall–Kier alpha value is -3.52. The van der Waals surface area contributed by atoms with E-state index >= 15 is 0 Å². The largest absolute Gasteiger partial charge is 0.481 e. The Morgan fingerprint density at radius 3 is 1.81 bits per heavy atom. The number of Topliss-reactive ketones (excluding diaryl/α,β-unsaturated/α-hetero) is 1. The molecule has 1 unspecified atom stereocenters. The average Bonchev–Trinajstić information content (AvgIpc) is 2.78. The van der Waals surface area contributed by atoms with Gasteiger partial charge in [-0.2, -0.15) is 0 Å². The molecule has 0 aliphatic carbocycles. The van der Waals surface area contributed by atoms with Crippen LogP contribution in [-0.4, -0.2) is 46.4 Å². The number of carboxylic acid groups (broad SMARTS) is 2. The van der Waals surface area contributed by atoms with Crippen molar-refractivity contribution in [1.82, 2.24) is 5.32 Å². The first-order valence-electron chi connectivity index (χ1n) is 10.3. The van der Waals surface area contributed by atoms with Gasteiger partial charge in [0, 0.05) is 25.8 Å². The minimum Gasteiger partial charge on any atom is -0.481 e. The Morgan fingerprint density at radius 2 is 1.31 bits per heavy atom. The number of aliphatic carboxylic acids is 2. The lowest BCUT2D eigenvalue weighted by atomic mass is 10.0. The Balaban J connectivity index is 0.000000320. The molecule has 0 aromatic heterocycles. The molecule has 1 atom stereocenters. The van der Waals surface area contributed by atoms with E-state index in [-0.39, 0.29) is 31.0 Å². The minimum atomic E-state index is -1.13. The summed E-state index contributed by atoms with van der Waals surface area (Å²) in [5, 5.41) is 19.6. The van der Waals surface area contributed by atoms with E-state index in [1.54, 1.807) is 0 Å². The summed E-state index contributed by atoms with van der Waals surface area (Å²) >= 11 is 0. The van der Waals surface area contributed by atoms with Crippen LogP contribution in [0.4, 0.5) is 0 Å². The monoisotopic (exact) mass is 442 g/mol. The van der Waals surface area contributed by atoms with Gasteiger partial charge in [-0.15, -0.1) is 0 Å². The number of carbonyl (C=O) groups is 4. The summed E-state index contributed by atoms with van der Waals surface area (Å²) < 4.78 is 0. The molecule has 5 N–H and O–H groups in total. The fraction of sp³-hybridized carbons (Fsp3) is 0.333. The number of nitrogens with one attached hydrogen (secondary N) is 1. The molecule has 32 heavy (non-hydrogen) atoms. The van der Waals surface area contributed by atoms with Crippen LogP contribution in [0, 0.1) is 0 Å². The van der Waals surface area contributed by atoms with Crippen LogP contribution < -0.4 is 11.1 Å². The number of rotatable bonds is 12. The van der Waals surface area contributed by atoms with Crippen molar-refractivity contribution in [2.24, 2.45) is 5.73 Å². The third-order valence-electron chi connectivity index (χ3n) is 4.44. The minimum absolute atomic E-state index is 0.0458. The predicted octanol–water partition coefficient (Wildman–Crippen LogP) is 2.20. The third-order valence-corrected chi connectivity index (χ3v) is 4.44. The van der Waals surface area contributed by atoms with Crippen LogP contribution in [0.3, 0.4) is 0 Å². The Bertz CT molecular complexity index is 855. The number of nitrogens with two attached hydrogens (primary N) is 1. The van der Waals surface area contributed by atoms with Crippen LogP contribution in [0.2, 0.25) is 0 Å². The van der Waals surface area contributed by atoms with Crippen LogP contribution in [0.25, 0.3) is 0 Å². The molecule has 2 aromatic rings. The number of carboxylic acids is 2. The van der Waals surface area contributed by atoms with Gasteiger partial charge >= 0.3 is 11.9 Å². The summed E-state index contributed by atoms with van der Waals surface area (Å²) in [4.78, 5) is 43.2. The predicted molar refractivity (Wildman–Crippen MR) is 120 cm³/mol. The van der Waals surface area contributed by atoms with E-state index in [1.807, 2.05) is 60.7 Å². The number of amides is 1. The van der Waals surface area contributed by atoms with Crippen LogP contribution >= 0.6 is 0 Å². The lowest BCUT2D eigenvalue weighted by molar-refractivity contribution is -0.140. The zero-order chi connectivity index (χ0) is 23.8. The topological polar surface area (TPSA) is 147 Å². The molecule has 2 rings (SSSR count). The van der Waals surface area contributed by atoms with Crippen molar-refractivity contribution in [1.29, 1.82) is 0 Å². The lowest BCUT2D eigenvalue weighted by Gasteiger charge is -2.05. The summed E-state index contributed by atoms with van der Waals surface area (Å²) in [6.45, 7) is 0.544. The zero-order valence-electron chi connectivity index (χ0n) is 17.9. The van der Waals surface area contributed by atoms with Gasteiger partial charge < -0.3 is 21.3 Å². The van der Waals surface area contributed by atoms with Crippen LogP contribution in [-0.2, 0) is 32.0 Å². The van der Waals surface area contributed by atoms with Gasteiger partial charge in [-0.25, -0.2) is 0 Å². The molecular weight excluding hydrogens is 412 g/mol. The maximum absolute atomic E-state index is 11.4. The van der Waals surface area contributed by atoms with Crippen molar-refractivity contribution in [2.45, 2.75) is 44.6 Å². The van der Waals surface area contributed by atoms with E-state index in [0.29, 0.717) is 19.4 Å². The van der Waals surface area contributed by atoms with Crippen LogP contribution in [0.1, 0.15) is 36.8 Å². The summed E-state index contributed by atoms with van der Waals surface area (Å²) in [6, 6.07) is 18.3. The molecule has 0 radical (unpaired) electrons. The van der Waals surface area contributed by atoms with E-state index in [1.165, 1.54) is 0 Å². The van der Waals surface area contributed by atoms with Crippen molar-refractivity contribution < 1.29 is 29.4 Å². The highest BCUT2D eigenvalue weighted by Crippen LogP contribution is 2.05. The molecule has 1 amide bonds. The lowest BCUT2D eigenvalue weighted by Crippen LogP contribution is -2.32. The molecule has 8 nitrogen and oxygen atoms in total. The Kier molecular flexibility index (Phi) is 12.7. The maximum Gasteiger partial charge on any atom is 0.320 e. The van der Waals surface area contributed by atoms with E-state index in [4.69, 9.17) is 15.9 Å². The maximum atomic E-state index is 11.4. The fourth-order valence-electron chi connectivity index (χ4n) is 2.66. The van der Waals surface area contributed by atoms with Crippen molar-refractivity contribution in [2.75, 3.05) is 6.54 Å². The summed E-state index contributed by atoms with van der Waals surface area (Å²) in [5.74, 6) is -2.40. The van der Waals surface area contributed by atoms with Gasteiger partial charge in [0.15, 0.2) is 0 Å². The van der Waals surface area contributed by atoms with Gasteiger partial charge in [0.2, 0.25) is 5.91 Å². The highest BCUT2D eigenvalue weighted by atomic mass is 16.4. The second-order valence-corrected chi connectivity index (χ2v) is 7.15. The Labute approximate surface area is 187 Å². The first-order valence-corrected chi connectivity index (χ1v) is 10.3. The van der Waals surface area contributed by atoms with Gasteiger partial charge in [-0.05, 0) is 24.0 Å². The van der Waals surface area contributed by atoms with Gasteiger partial charge in [-0.1, -0.05) is 60.7 Å². The molecule has 0 fully saturated rings. The number of ketones is 1. The molecule has 0 saturated heterocycles. The molecule has 0 bridgehead atoms. The van der Waals surface area contributed by atoms with Crippen molar-refractivity contribution in [3.63, 3.8) is 0 Å². The molecular formula is C24H30N2O6. The second kappa shape index (κ2) is 15.3. The fourth-order valence-corrected chi connectivity index (χ4v) is 2.66. The molecule has 0 aliphatic rings. The molecule has 0 saturated carbocycles. The highest BCUT2D eigenvalue weighted by molar-refractivity contribution is 5.85. The summed E-state index contributed by atoms with van der Waals surface area (Å²) in [6.07, 6.45) is 1.57. The van der Waals surface area contributed by atoms with E-state index in [9.17, 15) is 19.2 Å². The first-order chi connectivity index (χ1) is 15.3. The SMILES string of the molecule is NC(CC(=O)CCc1ccccc1)C(=O)O.O=C(O)CCC(=O)NCCc1ccccc1. The standard InChI is InChI=1S/2C12H15NO3/c14-11(6-7-12(15)16)13-9-8-10-4-2-1-3-5-10;13-11(12(15)16)8-10(14)7-6-9-4-2-1-3-5-9/h1-5H,6-9H2,(H,13,14)(H,15,16);1-5,11H,6-8,13H2,(H,15,16). The van der Waals surface area contributed by atoms with Crippen molar-refractivity contribution >= 4 is 23.6 Å². The summed E-state index contributed by atoms with van der Waals surface area (Å²) in [5.41, 5.74) is 7.49. The quantitative estimate of drug-likeness (QED) is 0.394. The Morgan fingerprint density at radius 1 is 0.781 bits per heavy atom. The number of benzene rings is 2. The smallest absolute Gasteiger partial charge is 0.320 e. The van der Waals surface area contributed by atoms with Gasteiger partial charge in [0.25, 0.3) is 0 Å². The average molecular weight is 443 g/mol. The van der Waals surface area contributed by atoms with E-state index < -0.39 is 18.0 Å². The van der Waals surface area contributed by atoms with Crippen LogP contribution in [0.5, 0.6) is 0 Å². The van der Waals surface area contributed by atoms with E-state index in [2.05, 4.69) is 5.32 Å². The number of hydrogen-bond acceptors (Lipinski definition) is 5. The highest BCUT2D eigenvalue weighted by Gasteiger charge is 2.15. The molecule has 0 spiro atoms. The third kappa shape index (κ3) is 12.9. The molecule has 0 aliphatic heterocycles. The van der Waals surface area contributed by atoms with Gasteiger partial charge in [-0.3, -0.25) is 19.2 Å². The van der Waals surface area contributed by atoms with Crippen LogP contribution in [0.15, 0.2) is 60.7 Å². The molecule has 0 heterocycles. The number of aryl methyl sites for hydroxylation is 1. The van der Waals surface area contributed by atoms with Crippen molar-refractivity contribution in [3.8, 4) is 0 Å².